The van der Waals surface area contributed by atoms with Crippen LogP contribution in [0, 0.1) is 11.6 Å². The van der Waals surface area contributed by atoms with E-state index >= 15 is 0 Å². The molecule has 0 heterocycles. The summed E-state index contributed by atoms with van der Waals surface area (Å²) >= 11 is 0. The van der Waals surface area contributed by atoms with Gasteiger partial charge in [-0.2, -0.15) is 0 Å². The summed E-state index contributed by atoms with van der Waals surface area (Å²) in [4.78, 5) is 0. The number of hydrogen-bond donors (Lipinski definition) is 0. The molecular weight excluding hydrogens is 351 g/mol. The van der Waals surface area contributed by atoms with Gasteiger partial charge in [0, 0.05) is 5.56 Å². The van der Waals surface area contributed by atoms with Gasteiger partial charge >= 0.3 is 6.36 Å². The summed E-state index contributed by atoms with van der Waals surface area (Å²) in [5.41, 5.74) is 3.02. The SMILES string of the molecule is CCCc1ccc(C2=Cc3cc(F)c(OC(F)(F)F)cc3CC2)c(F)c1. The minimum Gasteiger partial charge on any atom is -0.403 e. The van der Waals surface area contributed by atoms with Gasteiger partial charge in [0.25, 0.3) is 0 Å². The van der Waals surface area contributed by atoms with E-state index in [1.54, 1.807) is 12.1 Å². The highest BCUT2D eigenvalue weighted by Crippen LogP contribution is 2.36. The van der Waals surface area contributed by atoms with Crippen LogP contribution in [0.5, 0.6) is 5.75 Å². The normalized spacial score (nSPS) is 14.0. The second-order valence-electron chi connectivity index (χ2n) is 6.26. The molecule has 3 rings (SSSR count). The molecule has 2 aromatic carbocycles. The summed E-state index contributed by atoms with van der Waals surface area (Å²) in [6.07, 6.45) is -0.798. The molecule has 0 fully saturated rings. The Bertz CT molecular complexity index is 852. The van der Waals surface area contributed by atoms with Crippen LogP contribution in [-0.4, -0.2) is 6.36 Å². The summed E-state index contributed by atoms with van der Waals surface area (Å²) in [6, 6.07) is 7.12. The Labute approximate surface area is 148 Å². The van der Waals surface area contributed by atoms with Crippen LogP contribution in [0.25, 0.3) is 11.6 Å². The first-order valence-electron chi connectivity index (χ1n) is 8.34. The van der Waals surface area contributed by atoms with Crippen molar-refractivity contribution in [1.29, 1.82) is 0 Å². The van der Waals surface area contributed by atoms with Gasteiger partial charge in [-0.25, -0.2) is 8.78 Å². The molecule has 1 aliphatic carbocycles. The monoisotopic (exact) mass is 368 g/mol. The first-order chi connectivity index (χ1) is 12.3. The lowest BCUT2D eigenvalue weighted by Crippen LogP contribution is -2.18. The van der Waals surface area contributed by atoms with E-state index in [1.807, 2.05) is 13.0 Å². The number of aryl methyl sites for hydroxylation is 2. The van der Waals surface area contributed by atoms with Crippen LogP contribution in [0.15, 0.2) is 30.3 Å². The molecule has 0 saturated carbocycles. The Hall–Kier alpha value is -2.37. The zero-order valence-corrected chi connectivity index (χ0v) is 14.1. The topological polar surface area (TPSA) is 9.23 Å². The molecule has 0 radical (unpaired) electrons. The van der Waals surface area contributed by atoms with Crippen molar-refractivity contribution in [3.05, 3.63) is 64.2 Å². The van der Waals surface area contributed by atoms with Gasteiger partial charge in [-0.1, -0.05) is 31.6 Å². The van der Waals surface area contributed by atoms with E-state index < -0.39 is 17.9 Å². The maximum Gasteiger partial charge on any atom is 0.573 e. The fourth-order valence-electron chi connectivity index (χ4n) is 3.17. The number of hydrogen-bond acceptors (Lipinski definition) is 1. The smallest absolute Gasteiger partial charge is 0.403 e. The van der Waals surface area contributed by atoms with Crippen LogP contribution >= 0.6 is 0 Å². The van der Waals surface area contributed by atoms with E-state index in [-0.39, 0.29) is 5.82 Å². The predicted molar refractivity (Wildman–Crippen MR) is 89.7 cm³/mol. The summed E-state index contributed by atoms with van der Waals surface area (Å²) in [7, 11) is 0. The lowest BCUT2D eigenvalue weighted by Gasteiger charge is -2.19. The third kappa shape index (κ3) is 4.06. The number of benzene rings is 2. The highest BCUT2D eigenvalue weighted by molar-refractivity contribution is 5.84. The Morgan fingerprint density at radius 3 is 2.42 bits per heavy atom. The maximum atomic E-state index is 14.4. The van der Waals surface area contributed by atoms with Crippen molar-refractivity contribution in [1.82, 2.24) is 0 Å². The van der Waals surface area contributed by atoms with Crippen LogP contribution in [0.3, 0.4) is 0 Å². The highest BCUT2D eigenvalue weighted by atomic mass is 19.4. The van der Waals surface area contributed by atoms with Gasteiger partial charge in [0.2, 0.25) is 0 Å². The van der Waals surface area contributed by atoms with Crippen LogP contribution in [-0.2, 0) is 12.8 Å². The van der Waals surface area contributed by atoms with Gasteiger partial charge in [0.15, 0.2) is 11.6 Å². The number of ether oxygens (including phenoxy) is 1. The van der Waals surface area contributed by atoms with Crippen molar-refractivity contribution in [2.24, 2.45) is 0 Å². The first-order valence-corrected chi connectivity index (χ1v) is 8.34. The molecule has 26 heavy (non-hydrogen) atoms. The lowest BCUT2D eigenvalue weighted by molar-refractivity contribution is -0.275. The second-order valence-corrected chi connectivity index (χ2v) is 6.26. The van der Waals surface area contributed by atoms with Gasteiger partial charge in [0.1, 0.15) is 5.82 Å². The molecule has 138 valence electrons. The van der Waals surface area contributed by atoms with Gasteiger partial charge in [-0.15, -0.1) is 13.2 Å². The summed E-state index contributed by atoms with van der Waals surface area (Å²) in [5.74, 6) is -2.29. The molecule has 0 aliphatic heterocycles. The number of allylic oxidation sites excluding steroid dienone is 1. The minimum absolute atomic E-state index is 0.344. The number of alkyl halides is 3. The zero-order valence-electron chi connectivity index (χ0n) is 14.1. The first kappa shape index (κ1) is 18.4. The average molecular weight is 368 g/mol. The van der Waals surface area contributed by atoms with Crippen LogP contribution in [0.1, 0.15) is 42.0 Å². The molecule has 1 nitrogen and oxygen atoms in total. The predicted octanol–water partition coefficient (Wildman–Crippen LogP) is 6.30. The van der Waals surface area contributed by atoms with E-state index in [2.05, 4.69) is 4.74 Å². The molecule has 2 aromatic rings. The number of rotatable bonds is 4. The molecule has 0 bridgehead atoms. The van der Waals surface area contributed by atoms with E-state index in [0.717, 1.165) is 30.5 Å². The number of fused-ring (bicyclic) bond motifs is 1. The highest BCUT2D eigenvalue weighted by Gasteiger charge is 2.33. The standard InChI is InChI=1S/C20H17F5O/c1-2-3-12-4-7-16(17(21)8-12)14-6-5-13-11-19(26-20(23,24)25)18(22)10-15(13)9-14/h4,7-11H,2-3,5-6H2,1H3. The number of halogens is 5. The lowest BCUT2D eigenvalue weighted by atomic mass is 9.88. The van der Waals surface area contributed by atoms with Crippen molar-refractivity contribution < 1.29 is 26.7 Å². The van der Waals surface area contributed by atoms with Gasteiger partial charge in [-0.3, -0.25) is 0 Å². The fraction of sp³-hybridized carbons (Fsp3) is 0.300. The maximum absolute atomic E-state index is 14.4. The van der Waals surface area contributed by atoms with Crippen molar-refractivity contribution in [2.75, 3.05) is 0 Å². The molecule has 1 aliphatic rings. The molecule has 0 N–H and O–H groups in total. The average Bonchev–Trinajstić information content (AvgIpc) is 2.54. The van der Waals surface area contributed by atoms with Gasteiger partial charge < -0.3 is 4.74 Å². The Balaban J connectivity index is 1.93. The molecule has 0 aromatic heterocycles. The summed E-state index contributed by atoms with van der Waals surface area (Å²) in [5, 5.41) is 0. The van der Waals surface area contributed by atoms with E-state index in [9.17, 15) is 22.0 Å². The summed E-state index contributed by atoms with van der Waals surface area (Å²) in [6.45, 7) is 2.01. The second kappa shape index (κ2) is 7.09. The van der Waals surface area contributed by atoms with Crippen molar-refractivity contribution in [2.45, 2.75) is 39.0 Å². The third-order valence-electron chi connectivity index (χ3n) is 4.33. The van der Waals surface area contributed by atoms with Crippen LogP contribution < -0.4 is 4.74 Å². The molecule has 0 unspecified atom stereocenters. The molecule has 6 heteroatoms. The fourth-order valence-corrected chi connectivity index (χ4v) is 3.17. The molecular formula is C20H17F5O. The Morgan fingerprint density at radius 1 is 1.00 bits per heavy atom. The van der Waals surface area contributed by atoms with Gasteiger partial charge in [0.05, 0.1) is 0 Å². The Morgan fingerprint density at radius 2 is 1.77 bits per heavy atom. The molecule has 0 atom stereocenters. The molecule has 0 spiro atoms. The minimum atomic E-state index is -4.95. The van der Waals surface area contributed by atoms with Crippen LogP contribution in [0.4, 0.5) is 22.0 Å². The van der Waals surface area contributed by atoms with Crippen molar-refractivity contribution in [3.8, 4) is 5.75 Å². The Kier molecular flexibility index (Phi) is 5.03. The van der Waals surface area contributed by atoms with Gasteiger partial charge in [-0.05, 0) is 59.7 Å². The van der Waals surface area contributed by atoms with Crippen molar-refractivity contribution in [3.63, 3.8) is 0 Å². The summed E-state index contributed by atoms with van der Waals surface area (Å²) < 4.78 is 69.0. The van der Waals surface area contributed by atoms with E-state index in [4.69, 9.17) is 0 Å². The van der Waals surface area contributed by atoms with Crippen molar-refractivity contribution >= 4 is 11.6 Å². The molecule has 0 saturated heterocycles. The molecule has 0 amide bonds. The zero-order chi connectivity index (χ0) is 18.9. The van der Waals surface area contributed by atoms with Crippen LogP contribution in [0.2, 0.25) is 0 Å². The van der Waals surface area contributed by atoms with E-state index in [1.165, 1.54) is 6.07 Å². The largest absolute Gasteiger partial charge is 0.573 e. The quantitative estimate of drug-likeness (QED) is 0.575. The third-order valence-corrected chi connectivity index (χ3v) is 4.33. The van der Waals surface area contributed by atoms with E-state index in [0.29, 0.717) is 35.1 Å².